The zero-order chi connectivity index (χ0) is 19.2. The third kappa shape index (κ3) is 5.18. The van der Waals surface area contributed by atoms with Gasteiger partial charge >= 0.3 is 0 Å². The van der Waals surface area contributed by atoms with E-state index in [2.05, 4.69) is 4.98 Å². The molecule has 1 aromatic carbocycles. The van der Waals surface area contributed by atoms with Gasteiger partial charge in [-0.2, -0.15) is 0 Å². The number of ether oxygens (including phenoxy) is 2. The van der Waals surface area contributed by atoms with E-state index in [9.17, 15) is 9.59 Å². The highest BCUT2D eigenvalue weighted by Crippen LogP contribution is 2.16. The fourth-order valence-corrected chi connectivity index (χ4v) is 2.41. The summed E-state index contributed by atoms with van der Waals surface area (Å²) in [6.07, 6.45) is 3.18. The van der Waals surface area contributed by atoms with Crippen molar-refractivity contribution in [1.82, 2.24) is 9.55 Å². The van der Waals surface area contributed by atoms with Crippen molar-refractivity contribution in [2.24, 2.45) is 0 Å². The first-order valence-corrected chi connectivity index (χ1v) is 8.58. The van der Waals surface area contributed by atoms with Gasteiger partial charge in [0, 0.05) is 24.1 Å². The third-order valence-electron chi connectivity index (χ3n) is 3.62. The van der Waals surface area contributed by atoms with Gasteiger partial charge in [-0.15, -0.1) is 0 Å². The van der Waals surface area contributed by atoms with E-state index in [4.69, 9.17) is 21.1 Å². The molecule has 0 fully saturated rings. The first-order valence-electron chi connectivity index (χ1n) is 8.20. The number of rotatable bonds is 7. The number of carbonyl (C=O) groups excluding carboxylic acids is 1. The van der Waals surface area contributed by atoms with Crippen molar-refractivity contribution in [2.75, 3.05) is 6.61 Å². The van der Waals surface area contributed by atoms with Crippen LogP contribution in [0.25, 0.3) is 5.69 Å². The quantitative estimate of drug-likeness (QED) is 0.624. The number of benzene rings is 1. The van der Waals surface area contributed by atoms with Crippen LogP contribution in [0.3, 0.4) is 0 Å². The Morgan fingerprint density at radius 3 is 2.48 bits per heavy atom. The summed E-state index contributed by atoms with van der Waals surface area (Å²) in [7, 11) is 0. The van der Waals surface area contributed by atoms with Crippen LogP contribution in [0, 0.1) is 0 Å². The second kappa shape index (κ2) is 8.51. The number of Topliss-reactive ketones (excluding diaryl/α,β-unsaturated/α-hetero) is 1. The zero-order valence-corrected chi connectivity index (χ0v) is 15.3. The maximum Gasteiger partial charge on any atom is 0.258 e. The summed E-state index contributed by atoms with van der Waals surface area (Å²) in [6, 6.07) is 13.5. The predicted molar refractivity (Wildman–Crippen MR) is 102 cm³/mol. The van der Waals surface area contributed by atoms with Crippen molar-refractivity contribution in [3.8, 4) is 17.2 Å². The molecule has 7 heteroatoms. The summed E-state index contributed by atoms with van der Waals surface area (Å²) in [5.74, 6) is 0.964. The van der Waals surface area contributed by atoms with Crippen LogP contribution in [0.1, 0.15) is 12.6 Å². The molecule has 0 amide bonds. The average molecular weight is 385 g/mol. The minimum Gasteiger partial charge on any atom is -0.487 e. The monoisotopic (exact) mass is 384 g/mol. The molecule has 2 aromatic heterocycles. The first kappa shape index (κ1) is 18.7. The summed E-state index contributed by atoms with van der Waals surface area (Å²) in [5.41, 5.74) is 1.17. The second-order valence-electron chi connectivity index (χ2n) is 5.81. The smallest absolute Gasteiger partial charge is 0.258 e. The lowest BCUT2D eigenvalue weighted by Crippen LogP contribution is -2.16. The number of carbonyl (C=O) groups is 1. The molecular weight excluding hydrogens is 368 g/mol. The number of hydrogen-bond acceptors (Lipinski definition) is 5. The summed E-state index contributed by atoms with van der Waals surface area (Å²) in [4.78, 5) is 27.5. The maximum absolute atomic E-state index is 12.4. The molecule has 2 heterocycles. The Hall–Kier alpha value is -3.12. The first-order chi connectivity index (χ1) is 13.0. The molecule has 0 saturated heterocycles. The van der Waals surface area contributed by atoms with E-state index in [-0.39, 0.29) is 24.6 Å². The van der Waals surface area contributed by atoms with Gasteiger partial charge < -0.3 is 9.47 Å². The van der Waals surface area contributed by atoms with Gasteiger partial charge in [0.1, 0.15) is 24.7 Å². The highest BCUT2D eigenvalue weighted by atomic mass is 35.5. The van der Waals surface area contributed by atoms with E-state index in [1.165, 1.54) is 17.6 Å². The van der Waals surface area contributed by atoms with Crippen molar-refractivity contribution in [2.45, 2.75) is 13.5 Å². The minimum atomic E-state index is -0.228. The molecule has 0 saturated carbocycles. The molecular formula is C20H17ClN2O4. The molecule has 27 heavy (non-hydrogen) atoms. The zero-order valence-electron chi connectivity index (χ0n) is 14.6. The standard InChI is InChI=1S/C20H17ClN2O4/c1-14(24)12-26-18-6-4-17(5-7-18)23-9-8-19(10-20(23)25)27-13-16-3-2-15(21)11-22-16/h2-11H,12-13H2,1H3. The number of halogens is 1. The molecule has 0 aliphatic heterocycles. The Morgan fingerprint density at radius 2 is 1.85 bits per heavy atom. The molecule has 0 bridgehead atoms. The number of ketones is 1. The van der Waals surface area contributed by atoms with Crippen LogP contribution in [0.15, 0.2) is 65.7 Å². The van der Waals surface area contributed by atoms with E-state index in [0.29, 0.717) is 27.9 Å². The van der Waals surface area contributed by atoms with Crippen LogP contribution in [-0.2, 0) is 11.4 Å². The summed E-state index contributed by atoms with van der Waals surface area (Å²) in [5, 5.41) is 0.555. The fraction of sp³-hybridized carbons (Fsp3) is 0.150. The van der Waals surface area contributed by atoms with Gasteiger partial charge in [0.05, 0.1) is 10.7 Å². The minimum absolute atomic E-state index is 0.0216. The van der Waals surface area contributed by atoms with Crippen molar-refractivity contribution in [3.05, 3.63) is 82.0 Å². The molecule has 0 radical (unpaired) electrons. The lowest BCUT2D eigenvalue weighted by Gasteiger charge is -2.10. The van der Waals surface area contributed by atoms with Crippen molar-refractivity contribution < 1.29 is 14.3 Å². The molecule has 3 aromatic rings. The fourth-order valence-electron chi connectivity index (χ4n) is 2.30. The van der Waals surface area contributed by atoms with Crippen LogP contribution in [-0.4, -0.2) is 21.9 Å². The maximum atomic E-state index is 12.4. The second-order valence-corrected chi connectivity index (χ2v) is 6.25. The summed E-state index contributed by atoms with van der Waals surface area (Å²) >= 11 is 5.80. The van der Waals surface area contributed by atoms with Gasteiger partial charge in [-0.05, 0) is 49.4 Å². The van der Waals surface area contributed by atoms with Gasteiger partial charge in [0.15, 0.2) is 5.78 Å². The van der Waals surface area contributed by atoms with Crippen LogP contribution < -0.4 is 15.0 Å². The van der Waals surface area contributed by atoms with Gasteiger partial charge in [-0.3, -0.25) is 19.1 Å². The van der Waals surface area contributed by atoms with Crippen molar-refractivity contribution in [1.29, 1.82) is 0 Å². The highest BCUT2D eigenvalue weighted by Gasteiger charge is 2.04. The van der Waals surface area contributed by atoms with Crippen molar-refractivity contribution in [3.63, 3.8) is 0 Å². The summed E-state index contributed by atoms with van der Waals surface area (Å²) < 4.78 is 12.4. The topological polar surface area (TPSA) is 70.4 Å². The number of pyridine rings is 2. The molecule has 0 aliphatic carbocycles. The van der Waals surface area contributed by atoms with Crippen LogP contribution in [0.5, 0.6) is 11.5 Å². The molecule has 0 atom stereocenters. The molecule has 6 nitrogen and oxygen atoms in total. The normalized spacial score (nSPS) is 10.4. The Labute approximate surface area is 161 Å². The van der Waals surface area contributed by atoms with Gasteiger partial charge in [-0.1, -0.05) is 11.6 Å². The third-order valence-corrected chi connectivity index (χ3v) is 3.85. The van der Waals surface area contributed by atoms with E-state index in [1.54, 1.807) is 54.9 Å². The van der Waals surface area contributed by atoms with E-state index in [1.807, 2.05) is 0 Å². The van der Waals surface area contributed by atoms with E-state index in [0.717, 1.165) is 0 Å². The molecule has 3 rings (SSSR count). The number of hydrogen-bond donors (Lipinski definition) is 0. The van der Waals surface area contributed by atoms with Gasteiger partial charge in [0.25, 0.3) is 5.56 Å². The van der Waals surface area contributed by atoms with Gasteiger partial charge in [0.2, 0.25) is 0 Å². The number of aromatic nitrogens is 2. The number of nitrogens with zero attached hydrogens (tertiary/aromatic N) is 2. The van der Waals surface area contributed by atoms with E-state index >= 15 is 0 Å². The lowest BCUT2D eigenvalue weighted by molar-refractivity contribution is -0.118. The molecule has 0 unspecified atom stereocenters. The Balaban J connectivity index is 1.68. The SMILES string of the molecule is CC(=O)COc1ccc(-n2ccc(OCc3ccc(Cl)cn3)cc2=O)cc1. The Bertz CT molecular complexity index is 982. The lowest BCUT2D eigenvalue weighted by atomic mass is 10.3. The van der Waals surface area contributed by atoms with Crippen molar-refractivity contribution >= 4 is 17.4 Å². The molecule has 0 aliphatic rings. The predicted octanol–water partition coefficient (Wildman–Crippen LogP) is 3.43. The molecule has 0 spiro atoms. The molecule has 0 N–H and O–H groups in total. The van der Waals surface area contributed by atoms with Crippen LogP contribution >= 0.6 is 11.6 Å². The average Bonchev–Trinajstić information content (AvgIpc) is 2.66. The van der Waals surface area contributed by atoms with E-state index < -0.39 is 0 Å². The van der Waals surface area contributed by atoms with Crippen LogP contribution in [0.4, 0.5) is 0 Å². The van der Waals surface area contributed by atoms with Gasteiger partial charge in [-0.25, -0.2) is 0 Å². The largest absolute Gasteiger partial charge is 0.487 e. The Kier molecular flexibility index (Phi) is 5.88. The highest BCUT2D eigenvalue weighted by molar-refractivity contribution is 6.30. The molecule has 138 valence electrons. The van der Waals surface area contributed by atoms with Crippen LogP contribution in [0.2, 0.25) is 5.02 Å². The Morgan fingerprint density at radius 1 is 1.07 bits per heavy atom. The summed E-state index contributed by atoms with van der Waals surface area (Å²) in [6.45, 7) is 1.72.